The molecule has 2 N–H and O–H groups in total. The van der Waals surface area contributed by atoms with Crippen molar-refractivity contribution >= 4 is 5.91 Å². The topological polar surface area (TPSA) is 71.8 Å². The normalized spacial score (nSPS) is 11.5. The molecule has 90 valence electrons. The van der Waals surface area contributed by atoms with Gasteiger partial charge in [0.25, 0.3) is 0 Å². The fraction of sp³-hybridized carbons (Fsp3) is 0.700. The number of rotatable bonds is 4. The van der Waals surface area contributed by atoms with Crippen LogP contribution in [0.4, 0.5) is 0 Å². The van der Waals surface area contributed by atoms with E-state index < -0.39 is 0 Å². The summed E-state index contributed by atoms with van der Waals surface area (Å²) in [6.07, 6.45) is 1.63. The Morgan fingerprint density at radius 1 is 1.50 bits per heavy atom. The van der Waals surface area contributed by atoms with Crippen LogP contribution in [0.25, 0.3) is 0 Å². The highest BCUT2D eigenvalue weighted by atomic mass is 16.2. The van der Waals surface area contributed by atoms with Gasteiger partial charge in [0.1, 0.15) is 12.2 Å². The van der Waals surface area contributed by atoms with Crippen LogP contribution in [0.5, 0.6) is 0 Å². The van der Waals surface area contributed by atoms with Gasteiger partial charge in [0, 0.05) is 12.6 Å². The highest BCUT2D eigenvalue weighted by Gasteiger charge is 2.13. The van der Waals surface area contributed by atoms with Crippen molar-refractivity contribution in [3.63, 3.8) is 0 Å². The summed E-state index contributed by atoms with van der Waals surface area (Å²) < 4.78 is 1.81. The lowest BCUT2D eigenvalue weighted by Gasteiger charge is -2.20. The summed E-state index contributed by atoms with van der Waals surface area (Å²) in [5.41, 5.74) is -0.191. The first-order chi connectivity index (χ1) is 7.38. The van der Waals surface area contributed by atoms with Crippen LogP contribution in [0.3, 0.4) is 0 Å². The van der Waals surface area contributed by atoms with Crippen molar-refractivity contribution in [2.75, 3.05) is 6.54 Å². The van der Waals surface area contributed by atoms with Gasteiger partial charge < -0.3 is 15.2 Å². The van der Waals surface area contributed by atoms with Crippen LogP contribution >= 0.6 is 0 Å². The Balaban J connectivity index is 2.26. The monoisotopic (exact) mass is 225 g/mol. The number of carbonyl (C=O) groups excluding carboxylic acids is 1. The first-order valence-corrected chi connectivity index (χ1v) is 5.23. The molecule has 0 spiro atoms. The second-order valence-corrected chi connectivity index (χ2v) is 4.76. The van der Waals surface area contributed by atoms with Gasteiger partial charge in [-0.05, 0) is 20.8 Å². The molecule has 0 aromatic carbocycles. The van der Waals surface area contributed by atoms with Crippen LogP contribution in [0.2, 0.25) is 0 Å². The fourth-order valence-electron chi connectivity index (χ4n) is 1.22. The van der Waals surface area contributed by atoms with Crippen LogP contribution in [0.1, 0.15) is 26.6 Å². The quantitative estimate of drug-likeness (QED) is 0.745. The summed E-state index contributed by atoms with van der Waals surface area (Å²) in [5.74, 6) is 0.790. The smallest absolute Gasteiger partial charge is 0.234 e. The van der Waals surface area contributed by atoms with Gasteiger partial charge in [-0.2, -0.15) is 0 Å². The van der Waals surface area contributed by atoms with Gasteiger partial charge in [0.2, 0.25) is 5.91 Å². The average molecular weight is 225 g/mol. The maximum absolute atomic E-state index is 11.5. The average Bonchev–Trinajstić information content (AvgIpc) is 2.48. The number of amides is 1. The Bertz CT molecular complexity index is 352. The first-order valence-electron chi connectivity index (χ1n) is 5.23. The van der Waals surface area contributed by atoms with Gasteiger partial charge in [0.05, 0.1) is 13.1 Å². The molecule has 0 atom stereocenters. The number of hydrogen-bond acceptors (Lipinski definition) is 4. The lowest BCUT2D eigenvalue weighted by Crippen LogP contribution is -2.44. The summed E-state index contributed by atoms with van der Waals surface area (Å²) in [5, 5.41) is 13.5. The molecule has 0 radical (unpaired) electrons. The molecule has 0 unspecified atom stereocenters. The van der Waals surface area contributed by atoms with Gasteiger partial charge in [-0.3, -0.25) is 4.79 Å². The second-order valence-electron chi connectivity index (χ2n) is 4.76. The van der Waals surface area contributed by atoms with Crippen molar-refractivity contribution < 1.29 is 4.79 Å². The molecule has 0 bridgehead atoms. The molecule has 0 saturated carbocycles. The SMILES string of the molecule is Cn1cnnc1CNCC(=O)NC(C)(C)C. The van der Waals surface area contributed by atoms with Crippen LogP contribution in [0.15, 0.2) is 6.33 Å². The molecule has 1 aromatic heterocycles. The highest BCUT2D eigenvalue weighted by Crippen LogP contribution is 1.97. The number of carbonyl (C=O) groups is 1. The summed E-state index contributed by atoms with van der Waals surface area (Å²) in [4.78, 5) is 11.5. The van der Waals surface area contributed by atoms with E-state index >= 15 is 0 Å². The Morgan fingerprint density at radius 3 is 2.69 bits per heavy atom. The molecule has 0 aliphatic rings. The summed E-state index contributed by atoms with van der Waals surface area (Å²) in [7, 11) is 1.87. The van der Waals surface area contributed by atoms with Gasteiger partial charge in [-0.1, -0.05) is 0 Å². The van der Waals surface area contributed by atoms with Crippen molar-refractivity contribution in [1.82, 2.24) is 25.4 Å². The molecule has 6 heteroatoms. The molecule has 1 amide bonds. The van der Waals surface area contributed by atoms with Gasteiger partial charge in [-0.15, -0.1) is 10.2 Å². The third-order valence-electron chi connectivity index (χ3n) is 1.89. The third-order valence-corrected chi connectivity index (χ3v) is 1.89. The fourth-order valence-corrected chi connectivity index (χ4v) is 1.22. The van der Waals surface area contributed by atoms with E-state index in [0.29, 0.717) is 6.54 Å². The third kappa shape index (κ3) is 4.39. The number of nitrogens with one attached hydrogen (secondary N) is 2. The van der Waals surface area contributed by atoms with E-state index in [-0.39, 0.29) is 18.0 Å². The predicted octanol–water partition coefficient (Wildman–Crippen LogP) is -0.181. The molecule has 1 aromatic rings. The minimum Gasteiger partial charge on any atom is -0.350 e. The largest absolute Gasteiger partial charge is 0.350 e. The Morgan fingerprint density at radius 2 is 2.19 bits per heavy atom. The van der Waals surface area contributed by atoms with Crippen LogP contribution in [0, 0.1) is 0 Å². The van der Waals surface area contributed by atoms with Crippen molar-refractivity contribution in [2.24, 2.45) is 7.05 Å². The van der Waals surface area contributed by atoms with E-state index in [1.807, 2.05) is 32.4 Å². The van der Waals surface area contributed by atoms with Crippen molar-refractivity contribution in [3.8, 4) is 0 Å². The zero-order valence-electron chi connectivity index (χ0n) is 10.2. The standard InChI is InChI=1S/C10H19N5O/c1-10(2,3)13-9(16)6-11-5-8-14-12-7-15(8)4/h7,11H,5-6H2,1-4H3,(H,13,16). The number of aryl methyl sites for hydroxylation is 1. The number of hydrogen-bond donors (Lipinski definition) is 2. The maximum Gasteiger partial charge on any atom is 0.234 e. The zero-order valence-corrected chi connectivity index (χ0v) is 10.2. The van der Waals surface area contributed by atoms with Crippen LogP contribution in [-0.4, -0.2) is 32.8 Å². The first kappa shape index (κ1) is 12.6. The highest BCUT2D eigenvalue weighted by molar-refractivity contribution is 5.78. The summed E-state index contributed by atoms with van der Waals surface area (Å²) in [6, 6.07) is 0. The van der Waals surface area contributed by atoms with Gasteiger partial charge in [0.15, 0.2) is 0 Å². The number of aromatic nitrogens is 3. The minimum absolute atomic E-state index is 0.0188. The molecule has 1 heterocycles. The van der Waals surface area contributed by atoms with Crippen molar-refractivity contribution in [3.05, 3.63) is 12.2 Å². The Labute approximate surface area is 95.4 Å². The van der Waals surface area contributed by atoms with Crippen LogP contribution in [-0.2, 0) is 18.4 Å². The van der Waals surface area contributed by atoms with E-state index in [9.17, 15) is 4.79 Å². The molecular formula is C10H19N5O. The minimum atomic E-state index is -0.191. The van der Waals surface area contributed by atoms with Gasteiger partial charge in [-0.25, -0.2) is 0 Å². The Hall–Kier alpha value is -1.43. The number of nitrogens with zero attached hydrogens (tertiary/aromatic N) is 3. The molecule has 1 rings (SSSR count). The molecule has 0 aliphatic heterocycles. The lowest BCUT2D eigenvalue weighted by molar-refractivity contribution is -0.121. The molecule has 0 fully saturated rings. The molecule has 0 aliphatic carbocycles. The molecule has 0 saturated heterocycles. The van der Waals surface area contributed by atoms with E-state index in [2.05, 4.69) is 20.8 Å². The van der Waals surface area contributed by atoms with E-state index in [0.717, 1.165) is 5.82 Å². The van der Waals surface area contributed by atoms with E-state index in [4.69, 9.17) is 0 Å². The Kier molecular flexibility index (Phi) is 4.00. The predicted molar refractivity (Wildman–Crippen MR) is 60.6 cm³/mol. The zero-order chi connectivity index (χ0) is 12.2. The van der Waals surface area contributed by atoms with E-state index in [1.165, 1.54) is 0 Å². The van der Waals surface area contributed by atoms with Crippen LogP contribution < -0.4 is 10.6 Å². The summed E-state index contributed by atoms with van der Waals surface area (Å²) >= 11 is 0. The second kappa shape index (κ2) is 5.07. The molecule has 6 nitrogen and oxygen atoms in total. The maximum atomic E-state index is 11.5. The summed E-state index contributed by atoms with van der Waals surface area (Å²) in [6.45, 7) is 6.67. The van der Waals surface area contributed by atoms with Crippen molar-refractivity contribution in [2.45, 2.75) is 32.9 Å². The lowest BCUT2D eigenvalue weighted by atomic mass is 10.1. The van der Waals surface area contributed by atoms with Crippen molar-refractivity contribution in [1.29, 1.82) is 0 Å². The van der Waals surface area contributed by atoms with Gasteiger partial charge >= 0.3 is 0 Å². The molecular weight excluding hydrogens is 206 g/mol. The van der Waals surface area contributed by atoms with E-state index in [1.54, 1.807) is 6.33 Å². The molecule has 16 heavy (non-hydrogen) atoms.